The molecular weight excluding hydrogens is 591 g/mol. The van der Waals surface area contributed by atoms with Gasteiger partial charge in [-0.05, 0) is 99.7 Å². The highest BCUT2D eigenvalue weighted by atomic mass is 14.7. The lowest BCUT2D eigenvalue weighted by Gasteiger charge is -2.20. The van der Waals surface area contributed by atoms with Gasteiger partial charge >= 0.3 is 0 Å². The molecule has 0 aliphatic heterocycles. The van der Waals surface area contributed by atoms with Crippen molar-refractivity contribution in [1.82, 2.24) is 4.98 Å². The van der Waals surface area contributed by atoms with Crippen molar-refractivity contribution in [3.05, 3.63) is 170 Å². The molecule has 0 saturated heterocycles. The number of rotatable bonds is 2. The minimum Gasteiger partial charge on any atom is -0.354 e. The van der Waals surface area contributed by atoms with E-state index < -0.39 is 0 Å². The molecule has 11 aromatic rings. The molecular formula is C48H29N. The van der Waals surface area contributed by atoms with Crippen LogP contribution in [-0.2, 0) is 0 Å². The minimum absolute atomic E-state index is 1.16. The zero-order valence-electron chi connectivity index (χ0n) is 26.7. The fraction of sp³-hybridized carbons (Fsp3) is 0. The summed E-state index contributed by atoms with van der Waals surface area (Å²) in [4.78, 5) is 3.75. The summed E-state index contributed by atoms with van der Waals surface area (Å²) < 4.78 is 0. The van der Waals surface area contributed by atoms with Gasteiger partial charge in [-0.2, -0.15) is 0 Å². The van der Waals surface area contributed by atoms with Gasteiger partial charge in [-0.15, -0.1) is 0 Å². The van der Waals surface area contributed by atoms with E-state index in [9.17, 15) is 0 Å². The number of nitrogens with one attached hydrogen (secondary N) is 1. The maximum Gasteiger partial charge on any atom is 0.0544 e. The van der Waals surface area contributed by atoms with Crippen molar-refractivity contribution >= 4 is 86.4 Å². The molecule has 11 rings (SSSR count). The molecule has 10 aromatic carbocycles. The molecule has 0 unspecified atom stereocenters. The molecule has 0 spiro atoms. The second-order valence-corrected chi connectivity index (χ2v) is 13.3. The van der Waals surface area contributed by atoms with Crippen molar-refractivity contribution < 1.29 is 0 Å². The van der Waals surface area contributed by atoms with Crippen molar-refractivity contribution in [2.75, 3.05) is 0 Å². The van der Waals surface area contributed by atoms with Gasteiger partial charge in [-0.25, -0.2) is 0 Å². The molecule has 1 N–H and O–H groups in total. The van der Waals surface area contributed by atoms with Gasteiger partial charge in [0.15, 0.2) is 0 Å². The van der Waals surface area contributed by atoms with Crippen LogP contribution in [-0.4, -0.2) is 4.98 Å². The first-order valence-corrected chi connectivity index (χ1v) is 17.0. The molecule has 0 saturated carbocycles. The maximum atomic E-state index is 3.75. The summed E-state index contributed by atoms with van der Waals surface area (Å²) >= 11 is 0. The van der Waals surface area contributed by atoms with Crippen LogP contribution in [0, 0.1) is 0 Å². The Bertz CT molecular complexity index is 3100. The highest BCUT2D eigenvalue weighted by Crippen LogP contribution is 2.47. The van der Waals surface area contributed by atoms with Gasteiger partial charge in [0.05, 0.1) is 5.52 Å². The van der Waals surface area contributed by atoms with Crippen LogP contribution in [0.3, 0.4) is 0 Å². The molecule has 0 radical (unpaired) electrons. The number of H-pyrrole nitrogens is 1. The maximum absolute atomic E-state index is 3.75. The summed E-state index contributed by atoms with van der Waals surface area (Å²) in [7, 11) is 0. The van der Waals surface area contributed by atoms with Gasteiger partial charge in [0.2, 0.25) is 0 Å². The third-order valence-corrected chi connectivity index (χ3v) is 10.7. The lowest BCUT2D eigenvalue weighted by Crippen LogP contribution is -1.92. The van der Waals surface area contributed by atoms with Crippen molar-refractivity contribution in [3.8, 4) is 22.3 Å². The van der Waals surface area contributed by atoms with Gasteiger partial charge in [0.25, 0.3) is 0 Å². The summed E-state index contributed by atoms with van der Waals surface area (Å²) in [6.07, 6.45) is 0. The summed E-state index contributed by atoms with van der Waals surface area (Å²) in [6, 6.07) is 62.8. The molecule has 0 aliphatic carbocycles. The largest absolute Gasteiger partial charge is 0.354 e. The Kier molecular flexibility index (Phi) is 5.45. The van der Waals surface area contributed by atoms with E-state index in [0.29, 0.717) is 0 Å². The Hall–Kier alpha value is -6.44. The standard InChI is InChI=1S/C48H29N/c1-3-13-33-29(11-1)21-22-31-28-43(35-15-5-6-16-36(35)45(31)33)47-39-19-9-7-17-37(39)46(38-18-8-10-20-40(38)47)32-24-26-44-42(27-32)41-25-23-30-12-2-4-14-34(30)48(41)49-44/h1-28,49H. The second-order valence-electron chi connectivity index (χ2n) is 13.3. The molecule has 226 valence electrons. The summed E-state index contributed by atoms with van der Waals surface area (Å²) in [6.45, 7) is 0. The third kappa shape index (κ3) is 3.76. The Morgan fingerprint density at radius 1 is 0.306 bits per heavy atom. The summed E-state index contributed by atoms with van der Waals surface area (Å²) in [5, 5.41) is 17.8. The van der Waals surface area contributed by atoms with Crippen LogP contribution in [0.15, 0.2) is 170 Å². The van der Waals surface area contributed by atoms with Crippen LogP contribution >= 0.6 is 0 Å². The van der Waals surface area contributed by atoms with Crippen LogP contribution < -0.4 is 0 Å². The molecule has 1 aromatic heterocycles. The molecule has 0 fully saturated rings. The SMILES string of the molecule is c1ccc2c(c1)ccc1c3cc(-c4c5ccccc5c(-c5cc6ccc7ccccc7c6c6ccccc56)c5ccccc45)ccc3[nH]c21. The van der Waals surface area contributed by atoms with Gasteiger partial charge in [0, 0.05) is 21.7 Å². The molecule has 0 aliphatic rings. The monoisotopic (exact) mass is 619 g/mol. The van der Waals surface area contributed by atoms with Gasteiger partial charge in [-0.1, -0.05) is 152 Å². The number of hydrogen-bond donors (Lipinski definition) is 1. The van der Waals surface area contributed by atoms with E-state index in [1.54, 1.807) is 0 Å². The topological polar surface area (TPSA) is 15.8 Å². The van der Waals surface area contributed by atoms with Gasteiger partial charge in [0.1, 0.15) is 0 Å². The van der Waals surface area contributed by atoms with Gasteiger partial charge < -0.3 is 4.98 Å². The first kappa shape index (κ1) is 26.6. The fourth-order valence-corrected chi connectivity index (χ4v) is 8.61. The highest BCUT2D eigenvalue weighted by molar-refractivity contribution is 6.29. The Balaban J connectivity index is 1.24. The van der Waals surface area contributed by atoms with Crippen LogP contribution in [0.2, 0.25) is 0 Å². The third-order valence-electron chi connectivity index (χ3n) is 10.7. The van der Waals surface area contributed by atoms with Crippen LogP contribution in [0.1, 0.15) is 0 Å². The van der Waals surface area contributed by atoms with Crippen LogP contribution in [0.25, 0.3) is 109 Å². The van der Waals surface area contributed by atoms with E-state index in [1.807, 2.05) is 0 Å². The predicted octanol–water partition coefficient (Wildman–Crippen LogP) is 13.6. The number of aromatic amines is 1. The number of hydrogen-bond acceptors (Lipinski definition) is 0. The van der Waals surface area contributed by atoms with Crippen molar-refractivity contribution in [2.45, 2.75) is 0 Å². The van der Waals surface area contributed by atoms with E-state index >= 15 is 0 Å². The lowest BCUT2D eigenvalue weighted by molar-refractivity contribution is 1.56. The van der Waals surface area contributed by atoms with E-state index in [-0.39, 0.29) is 0 Å². The Morgan fingerprint density at radius 2 is 0.837 bits per heavy atom. The molecule has 0 amide bonds. The highest BCUT2D eigenvalue weighted by Gasteiger charge is 2.20. The average molecular weight is 620 g/mol. The average Bonchev–Trinajstić information content (AvgIpc) is 3.55. The van der Waals surface area contributed by atoms with Crippen LogP contribution in [0.5, 0.6) is 0 Å². The zero-order chi connectivity index (χ0) is 32.1. The van der Waals surface area contributed by atoms with Crippen LogP contribution in [0.4, 0.5) is 0 Å². The normalized spacial score (nSPS) is 12.1. The number of aromatic nitrogens is 1. The summed E-state index contributed by atoms with van der Waals surface area (Å²) in [5.41, 5.74) is 7.44. The summed E-state index contributed by atoms with van der Waals surface area (Å²) in [5.74, 6) is 0. The molecule has 49 heavy (non-hydrogen) atoms. The van der Waals surface area contributed by atoms with E-state index in [0.717, 1.165) is 5.52 Å². The molecule has 1 heterocycles. The second kappa shape index (κ2) is 10.0. The molecule has 0 bridgehead atoms. The van der Waals surface area contributed by atoms with E-state index in [1.165, 1.54) is 103 Å². The molecule has 1 nitrogen and oxygen atoms in total. The van der Waals surface area contributed by atoms with Gasteiger partial charge in [-0.3, -0.25) is 0 Å². The molecule has 0 atom stereocenters. The van der Waals surface area contributed by atoms with E-state index in [4.69, 9.17) is 0 Å². The quantitative estimate of drug-likeness (QED) is 0.146. The van der Waals surface area contributed by atoms with E-state index in [2.05, 4.69) is 175 Å². The smallest absolute Gasteiger partial charge is 0.0544 e. The number of benzene rings is 10. The molecule has 1 heteroatoms. The van der Waals surface area contributed by atoms with Crippen molar-refractivity contribution in [1.29, 1.82) is 0 Å². The minimum atomic E-state index is 1.16. The Morgan fingerprint density at radius 3 is 1.55 bits per heavy atom. The first-order chi connectivity index (χ1) is 24.3. The van der Waals surface area contributed by atoms with Crippen molar-refractivity contribution in [3.63, 3.8) is 0 Å². The number of fused-ring (bicyclic) bond motifs is 12. The first-order valence-electron chi connectivity index (χ1n) is 17.0. The zero-order valence-corrected chi connectivity index (χ0v) is 26.7. The lowest BCUT2D eigenvalue weighted by atomic mass is 9.83. The predicted molar refractivity (Wildman–Crippen MR) is 212 cm³/mol. The van der Waals surface area contributed by atoms with Crippen molar-refractivity contribution in [2.24, 2.45) is 0 Å². The Labute approximate surface area is 282 Å². The fourth-order valence-electron chi connectivity index (χ4n) is 8.61.